The molecule has 3 aromatic rings. The van der Waals surface area contributed by atoms with Crippen LogP contribution in [0, 0.1) is 15.9 Å². The Bertz CT molecular complexity index is 1100. The van der Waals surface area contributed by atoms with Crippen LogP contribution in [0.15, 0.2) is 72.8 Å². The minimum atomic E-state index is -2.52. The molecule has 8 heteroatoms. The summed E-state index contributed by atoms with van der Waals surface area (Å²) < 4.78 is 35.7. The van der Waals surface area contributed by atoms with E-state index in [9.17, 15) is 19.3 Å². The lowest BCUT2D eigenvalue weighted by Crippen LogP contribution is -2.31. The number of nitrogen functional groups attached to an aromatic ring is 1. The Kier molecular flexibility index (Phi) is 5.23. The van der Waals surface area contributed by atoms with Gasteiger partial charge in [-0.15, -0.1) is 0 Å². The number of halogens is 1. The molecular weight excluding hydrogens is 377 g/mol. The molecule has 0 aromatic heterocycles. The zero-order chi connectivity index (χ0) is 22.6. The normalized spacial score (nSPS) is 11.9. The smallest absolute Gasteiger partial charge is 0.414 e. The maximum Gasteiger partial charge on any atom is 0.414 e. The van der Waals surface area contributed by atoms with Gasteiger partial charge in [-0.25, -0.2) is 9.18 Å². The first-order chi connectivity index (χ1) is 14.7. The Morgan fingerprint density at radius 1 is 1.10 bits per heavy atom. The maximum atomic E-state index is 13.3. The molecule has 0 fully saturated rings. The predicted octanol–water partition coefficient (Wildman–Crippen LogP) is 4.66. The highest BCUT2D eigenvalue weighted by molar-refractivity contribution is 5.88. The van der Waals surface area contributed by atoms with Gasteiger partial charge < -0.3 is 10.5 Å². The van der Waals surface area contributed by atoms with Crippen molar-refractivity contribution in [1.29, 1.82) is 0 Å². The first-order valence-corrected chi connectivity index (χ1v) is 8.51. The molecule has 148 valence electrons. The molecule has 0 saturated heterocycles. The number of nitrogens with two attached hydrogens (primary N) is 1. The molecule has 0 heterocycles. The van der Waals surface area contributed by atoms with Crippen molar-refractivity contribution in [3.05, 3.63) is 99.9 Å². The van der Waals surface area contributed by atoms with Gasteiger partial charge in [0.25, 0.3) is 5.69 Å². The van der Waals surface area contributed by atoms with Crippen LogP contribution in [0.5, 0.6) is 0 Å². The van der Waals surface area contributed by atoms with E-state index in [0.717, 1.165) is 18.2 Å². The number of amides is 1. The van der Waals surface area contributed by atoms with E-state index in [2.05, 4.69) is 0 Å². The summed E-state index contributed by atoms with van der Waals surface area (Å²) in [6, 6.07) is 16.7. The van der Waals surface area contributed by atoms with Gasteiger partial charge in [-0.1, -0.05) is 42.5 Å². The van der Waals surface area contributed by atoms with Crippen molar-refractivity contribution in [2.45, 2.75) is 13.1 Å². The topological polar surface area (TPSA) is 98.7 Å². The van der Waals surface area contributed by atoms with Crippen molar-refractivity contribution in [3.8, 4) is 0 Å². The van der Waals surface area contributed by atoms with E-state index in [1.807, 2.05) is 0 Å². The minimum Gasteiger partial charge on any atom is -0.444 e. The van der Waals surface area contributed by atoms with Crippen LogP contribution >= 0.6 is 0 Å². The summed E-state index contributed by atoms with van der Waals surface area (Å²) in [5.41, 5.74) is 5.46. The highest BCUT2D eigenvalue weighted by atomic mass is 19.1. The van der Waals surface area contributed by atoms with Gasteiger partial charge in [0.15, 0.2) is 0 Å². The molecule has 0 atom stereocenters. The molecule has 2 N–H and O–H groups in total. The lowest BCUT2D eigenvalue weighted by Gasteiger charge is -2.22. The van der Waals surface area contributed by atoms with Gasteiger partial charge in [-0.05, 0) is 35.4 Å². The second-order valence-electron chi connectivity index (χ2n) is 5.99. The lowest BCUT2D eigenvalue weighted by atomic mass is 10.2. The molecule has 0 aliphatic carbocycles. The van der Waals surface area contributed by atoms with Crippen LogP contribution in [-0.4, -0.2) is 11.0 Å². The molecule has 3 rings (SSSR count). The molecule has 0 unspecified atom stereocenters. The quantitative estimate of drug-likeness (QED) is 0.370. The van der Waals surface area contributed by atoms with E-state index in [-0.39, 0.29) is 23.5 Å². The number of hydrogen-bond donors (Lipinski definition) is 1. The molecule has 1 amide bonds. The Morgan fingerprint density at radius 3 is 2.45 bits per heavy atom. The van der Waals surface area contributed by atoms with Crippen molar-refractivity contribution in [2.75, 3.05) is 10.6 Å². The fourth-order valence-corrected chi connectivity index (χ4v) is 2.48. The van der Waals surface area contributed by atoms with Gasteiger partial charge in [0.1, 0.15) is 18.1 Å². The number of rotatable bonds is 6. The van der Waals surface area contributed by atoms with Crippen LogP contribution in [0.4, 0.5) is 26.2 Å². The molecule has 3 aromatic carbocycles. The van der Waals surface area contributed by atoms with Crippen LogP contribution in [-0.2, 0) is 17.8 Å². The zero-order valence-electron chi connectivity index (χ0n) is 17.1. The van der Waals surface area contributed by atoms with E-state index >= 15 is 0 Å². The molecule has 0 saturated carbocycles. The molecule has 0 spiro atoms. The Labute approximate surface area is 169 Å². The second kappa shape index (κ2) is 8.83. The van der Waals surface area contributed by atoms with E-state index in [0.29, 0.717) is 10.5 Å². The van der Waals surface area contributed by atoms with E-state index < -0.39 is 29.0 Å². The number of nitrogens with zero attached hydrogens (tertiary/aromatic N) is 2. The van der Waals surface area contributed by atoms with Crippen molar-refractivity contribution in [1.82, 2.24) is 0 Å². The summed E-state index contributed by atoms with van der Waals surface area (Å²) in [5, 5.41) is 11.3. The molecule has 0 bridgehead atoms. The monoisotopic (exact) mass is 397 g/mol. The van der Waals surface area contributed by atoms with Crippen LogP contribution in [0.25, 0.3) is 0 Å². The highest BCUT2D eigenvalue weighted by Crippen LogP contribution is 2.29. The third kappa shape index (κ3) is 5.07. The first kappa shape index (κ1) is 17.2. The Balaban J connectivity index is 2.03. The zero-order valence-corrected chi connectivity index (χ0v) is 15.1. The van der Waals surface area contributed by atoms with Crippen molar-refractivity contribution < 1.29 is 21.6 Å². The number of nitro benzene ring substituents is 1. The van der Waals surface area contributed by atoms with Gasteiger partial charge >= 0.3 is 6.09 Å². The van der Waals surface area contributed by atoms with Crippen LogP contribution in [0.1, 0.15) is 13.9 Å². The summed E-state index contributed by atoms with van der Waals surface area (Å²) in [7, 11) is 0. The average molecular weight is 397 g/mol. The Hall–Kier alpha value is -3.94. The molecule has 7 nitrogen and oxygen atoms in total. The number of hydrogen-bond acceptors (Lipinski definition) is 5. The van der Waals surface area contributed by atoms with E-state index in [1.165, 1.54) is 24.3 Å². The van der Waals surface area contributed by atoms with Gasteiger partial charge in [-0.3, -0.25) is 15.0 Å². The standard InChI is InChI=1S/C21H18FN3O4/c22-17-8-6-15(7-9-17)13-24(18-10-11-19(23)20(12-18)25(27)28)21(26)29-14-16-4-2-1-3-5-16/h1-12H,13-14,23H2/i13D2. The van der Waals surface area contributed by atoms with Crippen molar-refractivity contribution in [3.63, 3.8) is 0 Å². The number of nitro groups is 1. The molecule has 0 aliphatic heterocycles. The average Bonchev–Trinajstić information content (AvgIpc) is 2.74. The van der Waals surface area contributed by atoms with Gasteiger partial charge in [0.05, 0.1) is 19.8 Å². The van der Waals surface area contributed by atoms with Crippen LogP contribution in [0.2, 0.25) is 0 Å². The molecule has 0 radical (unpaired) electrons. The highest BCUT2D eigenvalue weighted by Gasteiger charge is 2.22. The molecule has 0 aliphatic rings. The first-order valence-electron chi connectivity index (χ1n) is 9.51. The number of ether oxygens (including phenoxy) is 1. The number of carbonyl (C=O) groups is 1. The van der Waals surface area contributed by atoms with Crippen molar-refractivity contribution in [2.24, 2.45) is 0 Å². The number of carbonyl (C=O) groups excluding carboxylic acids is 1. The van der Waals surface area contributed by atoms with Gasteiger partial charge in [-0.2, -0.15) is 0 Å². The number of benzene rings is 3. The van der Waals surface area contributed by atoms with Crippen LogP contribution < -0.4 is 10.6 Å². The minimum absolute atomic E-state index is 0.0509. The van der Waals surface area contributed by atoms with E-state index in [4.69, 9.17) is 13.2 Å². The summed E-state index contributed by atoms with van der Waals surface area (Å²) in [6.45, 7) is -2.67. The third-order valence-corrected chi connectivity index (χ3v) is 3.94. The largest absolute Gasteiger partial charge is 0.444 e. The van der Waals surface area contributed by atoms with Gasteiger partial charge in [0, 0.05) is 6.07 Å². The summed E-state index contributed by atoms with van der Waals surface area (Å²) in [6.07, 6.45) is -1.09. The van der Waals surface area contributed by atoms with E-state index in [1.54, 1.807) is 30.3 Å². The van der Waals surface area contributed by atoms with Gasteiger partial charge in [0.2, 0.25) is 0 Å². The van der Waals surface area contributed by atoms with Crippen LogP contribution in [0.3, 0.4) is 0 Å². The maximum absolute atomic E-state index is 13.3. The molecular formula is C21H18FN3O4. The lowest BCUT2D eigenvalue weighted by molar-refractivity contribution is -0.383. The fraction of sp³-hybridized carbons (Fsp3) is 0.0952. The molecule has 29 heavy (non-hydrogen) atoms. The Morgan fingerprint density at radius 2 is 1.79 bits per heavy atom. The summed E-state index contributed by atoms with van der Waals surface area (Å²) >= 11 is 0. The third-order valence-electron chi connectivity index (χ3n) is 3.94. The fourth-order valence-electron chi connectivity index (χ4n) is 2.48. The number of anilines is 2. The summed E-state index contributed by atoms with van der Waals surface area (Å²) in [4.78, 5) is 24.1. The van der Waals surface area contributed by atoms with Crippen molar-refractivity contribution >= 4 is 23.2 Å². The summed E-state index contributed by atoms with van der Waals surface area (Å²) in [5.74, 6) is -0.583. The SMILES string of the molecule is [2H]C([2H])(c1ccc(F)cc1)N(C(=O)OCc1ccccc1)c1ccc(N)c([N+](=O)[O-])c1. The predicted molar refractivity (Wildman–Crippen MR) is 107 cm³/mol. The second-order valence-corrected chi connectivity index (χ2v) is 5.99.